The van der Waals surface area contributed by atoms with Gasteiger partial charge in [-0.05, 0) is 80.0 Å². The van der Waals surface area contributed by atoms with E-state index in [1.165, 1.54) is 33.4 Å². The van der Waals surface area contributed by atoms with Crippen molar-refractivity contribution in [1.29, 1.82) is 0 Å². The highest BCUT2D eigenvalue weighted by molar-refractivity contribution is 5.87. The normalized spacial score (nSPS) is 12.2. The molecule has 34 heavy (non-hydrogen) atoms. The van der Waals surface area contributed by atoms with E-state index < -0.39 is 5.95 Å². The van der Waals surface area contributed by atoms with E-state index in [4.69, 9.17) is 0 Å². The van der Waals surface area contributed by atoms with Gasteiger partial charge in [0.25, 0.3) is 5.95 Å². The average molecular weight is 465 g/mol. The Morgan fingerprint density at radius 3 is 0.824 bits per heavy atom. The van der Waals surface area contributed by atoms with Crippen molar-refractivity contribution in [3.63, 3.8) is 0 Å². The molecule has 2 aromatic carbocycles. The van der Waals surface area contributed by atoms with Crippen LogP contribution >= 0.6 is 0 Å². The van der Waals surface area contributed by atoms with E-state index in [0.717, 1.165) is 11.1 Å². The first-order valence-corrected chi connectivity index (χ1v) is 13.2. The Labute approximate surface area is 209 Å². The molecule has 0 aliphatic rings. The third kappa shape index (κ3) is 5.70. The van der Waals surface area contributed by atoms with E-state index in [1.54, 1.807) is 0 Å². The standard InChI is InChI=1S/C32H48O2/c1-17(2)23-13-25(19(5)6)29(26(14-23)20(7)8)31(32(33)34)30-27(21(9)10)15-24(18(3)4)16-28(30)22(11)12/h13-22,33-34H,1-12H3. The monoisotopic (exact) mass is 464 g/mol. The van der Waals surface area contributed by atoms with Gasteiger partial charge in [0.15, 0.2) is 0 Å². The minimum Gasteiger partial charge on any atom is -0.481 e. The van der Waals surface area contributed by atoms with E-state index in [1.807, 2.05) is 0 Å². The van der Waals surface area contributed by atoms with Crippen molar-refractivity contribution < 1.29 is 10.2 Å². The fraction of sp³-hybridized carbons (Fsp3) is 0.562. The molecule has 2 aromatic rings. The van der Waals surface area contributed by atoms with Crippen LogP contribution in [-0.4, -0.2) is 10.2 Å². The Morgan fingerprint density at radius 1 is 0.441 bits per heavy atom. The van der Waals surface area contributed by atoms with E-state index in [-0.39, 0.29) is 23.7 Å². The lowest BCUT2D eigenvalue weighted by atomic mass is 9.75. The second kappa shape index (κ2) is 11.0. The molecule has 0 unspecified atom stereocenters. The summed E-state index contributed by atoms with van der Waals surface area (Å²) < 4.78 is 0. The van der Waals surface area contributed by atoms with Crippen molar-refractivity contribution in [3.05, 3.63) is 74.7 Å². The first kappa shape index (κ1) is 28.0. The van der Waals surface area contributed by atoms with E-state index in [9.17, 15) is 10.2 Å². The Hall–Kier alpha value is -2.22. The first-order chi connectivity index (χ1) is 15.7. The smallest absolute Gasteiger partial charge is 0.282 e. The van der Waals surface area contributed by atoms with Gasteiger partial charge in [-0.1, -0.05) is 107 Å². The van der Waals surface area contributed by atoms with Crippen molar-refractivity contribution in [2.75, 3.05) is 0 Å². The van der Waals surface area contributed by atoms with Crippen molar-refractivity contribution in [2.24, 2.45) is 0 Å². The summed E-state index contributed by atoms with van der Waals surface area (Å²) >= 11 is 0. The summed E-state index contributed by atoms with van der Waals surface area (Å²) in [6.45, 7) is 26.5. The molecule has 0 spiro atoms. The van der Waals surface area contributed by atoms with Crippen LogP contribution in [0.5, 0.6) is 0 Å². The van der Waals surface area contributed by atoms with Gasteiger partial charge in [0.2, 0.25) is 0 Å². The van der Waals surface area contributed by atoms with Crippen molar-refractivity contribution >= 4 is 5.57 Å². The topological polar surface area (TPSA) is 40.5 Å². The van der Waals surface area contributed by atoms with Gasteiger partial charge in [0, 0.05) is 0 Å². The highest BCUT2D eigenvalue weighted by Crippen LogP contribution is 2.44. The minimum absolute atomic E-state index is 0.250. The van der Waals surface area contributed by atoms with E-state index >= 15 is 0 Å². The highest BCUT2D eigenvalue weighted by atomic mass is 16.5. The summed E-state index contributed by atoms with van der Waals surface area (Å²) in [5, 5.41) is 21.9. The molecule has 2 N–H and O–H groups in total. The van der Waals surface area contributed by atoms with Crippen molar-refractivity contribution in [2.45, 2.75) is 119 Å². The van der Waals surface area contributed by atoms with E-state index in [0.29, 0.717) is 17.4 Å². The van der Waals surface area contributed by atoms with Gasteiger partial charge >= 0.3 is 0 Å². The molecule has 0 radical (unpaired) electrons. The molecule has 0 fully saturated rings. The summed E-state index contributed by atoms with van der Waals surface area (Å²) in [5.41, 5.74) is 9.92. The lowest BCUT2D eigenvalue weighted by molar-refractivity contribution is 0.194. The molecule has 188 valence electrons. The molecule has 0 saturated heterocycles. The summed E-state index contributed by atoms with van der Waals surface area (Å²) in [7, 11) is 0. The molecule has 0 atom stereocenters. The first-order valence-electron chi connectivity index (χ1n) is 13.2. The number of hydrogen-bond donors (Lipinski definition) is 2. The van der Waals surface area contributed by atoms with Crippen molar-refractivity contribution in [3.8, 4) is 0 Å². The maximum Gasteiger partial charge on any atom is 0.282 e. The Kier molecular flexibility index (Phi) is 9.08. The van der Waals surface area contributed by atoms with Gasteiger partial charge < -0.3 is 10.2 Å². The third-order valence-corrected chi connectivity index (χ3v) is 6.99. The summed E-state index contributed by atoms with van der Waals surface area (Å²) in [6.07, 6.45) is 0. The molecule has 2 nitrogen and oxygen atoms in total. The highest BCUT2D eigenvalue weighted by Gasteiger charge is 2.29. The number of aliphatic hydroxyl groups excluding tert-OH is 1. The van der Waals surface area contributed by atoms with Crippen LogP contribution < -0.4 is 0 Å². The second-order valence-electron chi connectivity index (χ2n) is 11.8. The van der Waals surface area contributed by atoms with Gasteiger partial charge in [0.05, 0.1) is 5.57 Å². The number of rotatable bonds is 8. The summed E-state index contributed by atoms with van der Waals surface area (Å²) in [5.74, 6) is 1.23. The maximum absolute atomic E-state index is 10.9. The largest absolute Gasteiger partial charge is 0.481 e. The molecular weight excluding hydrogens is 416 g/mol. The quantitative estimate of drug-likeness (QED) is 0.381. The molecule has 0 aromatic heterocycles. The molecular formula is C32H48O2. The van der Waals surface area contributed by atoms with Crippen LogP contribution in [0.2, 0.25) is 0 Å². The number of aliphatic hydroxyl groups is 2. The molecule has 0 aliphatic heterocycles. The van der Waals surface area contributed by atoms with Crippen LogP contribution in [0.25, 0.3) is 5.57 Å². The van der Waals surface area contributed by atoms with Crippen LogP contribution in [0, 0.1) is 0 Å². The summed E-state index contributed by atoms with van der Waals surface area (Å²) in [4.78, 5) is 0. The molecule has 2 heteroatoms. The molecule has 0 heterocycles. The predicted molar refractivity (Wildman–Crippen MR) is 149 cm³/mol. The van der Waals surface area contributed by atoms with Gasteiger partial charge in [-0.2, -0.15) is 0 Å². The molecule has 0 saturated carbocycles. The average Bonchev–Trinajstić information content (AvgIpc) is 2.72. The van der Waals surface area contributed by atoms with Crippen LogP contribution in [0.1, 0.15) is 163 Å². The van der Waals surface area contributed by atoms with Crippen LogP contribution in [0.3, 0.4) is 0 Å². The van der Waals surface area contributed by atoms with Gasteiger partial charge in [0.1, 0.15) is 0 Å². The van der Waals surface area contributed by atoms with Gasteiger partial charge in [-0.25, -0.2) is 0 Å². The minimum atomic E-state index is -0.581. The third-order valence-electron chi connectivity index (χ3n) is 6.99. The lowest BCUT2D eigenvalue weighted by Gasteiger charge is -2.29. The zero-order chi connectivity index (χ0) is 26.1. The Bertz CT molecular complexity index is 893. The zero-order valence-electron chi connectivity index (χ0n) is 23.7. The molecule has 0 bridgehead atoms. The predicted octanol–water partition coefficient (Wildman–Crippen LogP) is 10.3. The Balaban J connectivity index is 3.15. The maximum atomic E-state index is 10.9. The van der Waals surface area contributed by atoms with Crippen LogP contribution in [-0.2, 0) is 0 Å². The fourth-order valence-corrected chi connectivity index (χ4v) is 4.84. The molecule has 0 amide bonds. The van der Waals surface area contributed by atoms with Crippen LogP contribution in [0.15, 0.2) is 30.2 Å². The number of benzene rings is 2. The van der Waals surface area contributed by atoms with Gasteiger partial charge in [-0.3, -0.25) is 0 Å². The molecule has 0 aliphatic carbocycles. The second-order valence-corrected chi connectivity index (χ2v) is 11.8. The van der Waals surface area contributed by atoms with Gasteiger partial charge in [-0.15, -0.1) is 0 Å². The fourth-order valence-electron chi connectivity index (χ4n) is 4.84. The van der Waals surface area contributed by atoms with E-state index in [2.05, 4.69) is 107 Å². The SMILES string of the molecule is CC(C)c1cc(C(C)C)c(C(=C(O)O)c2c(C(C)C)cc(C(C)C)cc2C(C)C)c(C(C)C)c1. The Morgan fingerprint density at radius 2 is 0.676 bits per heavy atom. The zero-order valence-corrected chi connectivity index (χ0v) is 23.7. The molecule has 2 rings (SSSR count). The lowest BCUT2D eigenvalue weighted by Crippen LogP contribution is -2.13. The summed E-state index contributed by atoms with van der Waals surface area (Å²) in [6, 6.07) is 9.14. The van der Waals surface area contributed by atoms with Crippen LogP contribution in [0.4, 0.5) is 0 Å². The number of hydrogen-bond acceptors (Lipinski definition) is 2. The van der Waals surface area contributed by atoms with Crippen molar-refractivity contribution in [1.82, 2.24) is 0 Å².